The number of halogens is 1. The highest BCUT2D eigenvalue weighted by Gasteiger charge is 2.22. The molecule has 5 nitrogen and oxygen atoms in total. The molecule has 2 aromatic carbocycles. The molecule has 1 amide bonds. The zero-order valence-corrected chi connectivity index (χ0v) is 16.2. The number of carbonyl (C=O) groups excluding carboxylic acids is 1. The number of piperidine rings is 1. The Hall–Kier alpha value is -2.24. The summed E-state index contributed by atoms with van der Waals surface area (Å²) in [6.45, 7) is 3.40. The molecule has 0 atom stereocenters. The van der Waals surface area contributed by atoms with Gasteiger partial charge in [0, 0.05) is 30.7 Å². The Labute approximate surface area is 165 Å². The van der Waals surface area contributed by atoms with Gasteiger partial charge in [-0.2, -0.15) is 0 Å². The molecule has 0 spiro atoms. The van der Waals surface area contributed by atoms with Crippen molar-refractivity contribution < 1.29 is 14.3 Å². The van der Waals surface area contributed by atoms with Crippen LogP contribution in [-0.2, 0) is 0 Å². The van der Waals surface area contributed by atoms with E-state index in [1.165, 1.54) is 0 Å². The number of amides is 1. The van der Waals surface area contributed by atoms with Crippen LogP contribution in [0.4, 0.5) is 0 Å². The van der Waals surface area contributed by atoms with Crippen LogP contribution < -0.4 is 14.8 Å². The van der Waals surface area contributed by atoms with Crippen LogP contribution in [0.1, 0.15) is 23.2 Å². The normalized spacial score (nSPS) is 15.3. The summed E-state index contributed by atoms with van der Waals surface area (Å²) in [6.07, 6.45) is 1.86. The predicted molar refractivity (Wildman–Crippen MR) is 107 cm³/mol. The lowest BCUT2D eigenvalue weighted by Gasteiger charge is -2.32. The van der Waals surface area contributed by atoms with E-state index in [4.69, 9.17) is 21.1 Å². The van der Waals surface area contributed by atoms with Crippen molar-refractivity contribution in [1.82, 2.24) is 10.2 Å². The van der Waals surface area contributed by atoms with Crippen molar-refractivity contribution in [3.8, 4) is 11.5 Å². The molecule has 0 saturated carbocycles. The molecule has 27 heavy (non-hydrogen) atoms. The van der Waals surface area contributed by atoms with Gasteiger partial charge in [-0.05, 0) is 49.2 Å². The van der Waals surface area contributed by atoms with Gasteiger partial charge in [0.05, 0.1) is 12.7 Å². The molecule has 1 aliphatic rings. The predicted octanol–water partition coefficient (Wildman–Crippen LogP) is 3.62. The van der Waals surface area contributed by atoms with Gasteiger partial charge < -0.3 is 14.8 Å². The minimum atomic E-state index is -0.0722. The molecule has 1 fully saturated rings. The first kappa shape index (κ1) is 19.5. The second-order valence-corrected chi connectivity index (χ2v) is 7.03. The van der Waals surface area contributed by atoms with Gasteiger partial charge in [0.15, 0.2) is 0 Å². The molecule has 2 aromatic rings. The summed E-state index contributed by atoms with van der Waals surface area (Å²) in [7, 11) is 1.58. The molecular formula is C21H25ClN2O3. The number of ether oxygens (including phenoxy) is 2. The number of hydrogen-bond acceptors (Lipinski definition) is 4. The fraction of sp³-hybridized carbons (Fsp3) is 0.381. The third-order valence-electron chi connectivity index (χ3n) is 4.76. The minimum Gasteiger partial charge on any atom is -0.496 e. The summed E-state index contributed by atoms with van der Waals surface area (Å²) in [5, 5.41) is 3.84. The fourth-order valence-electron chi connectivity index (χ4n) is 3.22. The number of nitrogens with one attached hydrogen (secondary N) is 1. The molecule has 144 valence electrons. The summed E-state index contributed by atoms with van der Waals surface area (Å²) in [5.74, 6) is 1.36. The van der Waals surface area contributed by atoms with E-state index in [0.717, 1.165) is 38.2 Å². The Morgan fingerprint density at radius 1 is 1.15 bits per heavy atom. The maximum absolute atomic E-state index is 12.5. The highest BCUT2D eigenvalue weighted by Crippen LogP contribution is 2.19. The topological polar surface area (TPSA) is 50.8 Å². The van der Waals surface area contributed by atoms with E-state index in [1.54, 1.807) is 19.2 Å². The largest absolute Gasteiger partial charge is 0.496 e. The van der Waals surface area contributed by atoms with E-state index in [-0.39, 0.29) is 11.9 Å². The minimum absolute atomic E-state index is 0.0722. The van der Waals surface area contributed by atoms with Crippen LogP contribution >= 0.6 is 11.6 Å². The highest BCUT2D eigenvalue weighted by atomic mass is 35.5. The summed E-state index contributed by atoms with van der Waals surface area (Å²) < 4.78 is 11.0. The molecule has 6 heteroatoms. The fourth-order valence-corrected chi connectivity index (χ4v) is 3.35. The van der Waals surface area contributed by atoms with E-state index >= 15 is 0 Å². The number of para-hydroxylation sites is 1. The van der Waals surface area contributed by atoms with E-state index < -0.39 is 0 Å². The van der Waals surface area contributed by atoms with E-state index in [9.17, 15) is 4.79 Å². The standard InChI is InChI=1S/C21H25ClN2O3/c1-26-20-5-3-2-4-19(20)21(25)23-17-10-12-24(13-11-17)14-15-27-18-8-6-16(22)7-9-18/h2-9,17H,10-15H2,1H3,(H,23,25). The molecule has 0 radical (unpaired) electrons. The Kier molecular flexibility index (Phi) is 6.96. The van der Waals surface area contributed by atoms with E-state index in [1.807, 2.05) is 36.4 Å². The van der Waals surface area contributed by atoms with Gasteiger partial charge >= 0.3 is 0 Å². The summed E-state index contributed by atoms with van der Waals surface area (Å²) in [5.41, 5.74) is 0.582. The number of hydrogen-bond donors (Lipinski definition) is 1. The molecule has 0 aliphatic carbocycles. The molecule has 0 aromatic heterocycles. The van der Waals surface area contributed by atoms with Crippen molar-refractivity contribution >= 4 is 17.5 Å². The molecule has 1 aliphatic heterocycles. The van der Waals surface area contributed by atoms with Gasteiger partial charge in [-0.3, -0.25) is 9.69 Å². The van der Waals surface area contributed by atoms with Gasteiger partial charge in [0.2, 0.25) is 0 Å². The van der Waals surface area contributed by atoms with Gasteiger partial charge in [-0.25, -0.2) is 0 Å². The van der Waals surface area contributed by atoms with Crippen molar-refractivity contribution in [2.75, 3.05) is 33.4 Å². The first-order valence-corrected chi connectivity index (χ1v) is 9.58. The van der Waals surface area contributed by atoms with Crippen LogP contribution in [-0.4, -0.2) is 50.2 Å². The first-order chi connectivity index (χ1) is 13.2. The molecule has 0 unspecified atom stereocenters. The van der Waals surface area contributed by atoms with E-state index in [0.29, 0.717) is 22.9 Å². The van der Waals surface area contributed by atoms with Crippen molar-refractivity contribution in [2.45, 2.75) is 18.9 Å². The average Bonchev–Trinajstić information content (AvgIpc) is 2.70. The molecule has 1 heterocycles. The van der Waals surface area contributed by atoms with Crippen molar-refractivity contribution in [2.24, 2.45) is 0 Å². The number of benzene rings is 2. The van der Waals surface area contributed by atoms with Gasteiger partial charge in [0.1, 0.15) is 18.1 Å². The van der Waals surface area contributed by atoms with Crippen LogP contribution in [0.3, 0.4) is 0 Å². The lowest BCUT2D eigenvalue weighted by molar-refractivity contribution is 0.0902. The summed E-state index contributed by atoms with van der Waals surface area (Å²) in [6, 6.07) is 14.9. The van der Waals surface area contributed by atoms with Crippen LogP contribution in [0, 0.1) is 0 Å². The highest BCUT2D eigenvalue weighted by molar-refractivity contribution is 6.30. The smallest absolute Gasteiger partial charge is 0.255 e. The number of rotatable bonds is 7. The molecule has 0 bridgehead atoms. The van der Waals surface area contributed by atoms with Crippen LogP contribution in [0.15, 0.2) is 48.5 Å². The number of methoxy groups -OCH3 is 1. The monoisotopic (exact) mass is 388 g/mol. The second kappa shape index (κ2) is 9.62. The molecule has 1 saturated heterocycles. The Morgan fingerprint density at radius 2 is 1.85 bits per heavy atom. The maximum atomic E-state index is 12.5. The lowest BCUT2D eigenvalue weighted by atomic mass is 10.0. The molecular weight excluding hydrogens is 364 g/mol. The summed E-state index contributed by atoms with van der Waals surface area (Å²) in [4.78, 5) is 14.9. The molecule has 1 N–H and O–H groups in total. The van der Waals surface area contributed by atoms with Crippen LogP contribution in [0.2, 0.25) is 5.02 Å². The van der Waals surface area contributed by atoms with E-state index in [2.05, 4.69) is 10.2 Å². The van der Waals surface area contributed by atoms with Crippen LogP contribution in [0.25, 0.3) is 0 Å². The number of likely N-dealkylation sites (tertiary alicyclic amines) is 1. The first-order valence-electron chi connectivity index (χ1n) is 9.20. The Morgan fingerprint density at radius 3 is 2.56 bits per heavy atom. The average molecular weight is 389 g/mol. The van der Waals surface area contributed by atoms with Gasteiger partial charge in [-0.1, -0.05) is 23.7 Å². The van der Waals surface area contributed by atoms with Crippen molar-refractivity contribution in [1.29, 1.82) is 0 Å². The van der Waals surface area contributed by atoms with Crippen molar-refractivity contribution in [3.05, 3.63) is 59.1 Å². The zero-order chi connectivity index (χ0) is 19.1. The number of nitrogens with zero attached hydrogens (tertiary/aromatic N) is 1. The zero-order valence-electron chi connectivity index (χ0n) is 15.5. The molecule has 3 rings (SSSR count). The summed E-state index contributed by atoms with van der Waals surface area (Å²) >= 11 is 5.87. The Bertz CT molecular complexity index is 743. The quantitative estimate of drug-likeness (QED) is 0.787. The van der Waals surface area contributed by atoms with Gasteiger partial charge in [0.25, 0.3) is 5.91 Å². The third-order valence-corrected chi connectivity index (χ3v) is 5.02. The van der Waals surface area contributed by atoms with Gasteiger partial charge in [-0.15, -0.1) is 0 Å². The third kappa shape index (κ3) is 5.62. The maximum Gasteiger partial charge on any atom is 0.255 e. The SMILES string of the molecule is COc1ccccc1C(=O)NC1CCN(CCOc2ccc(Cl)cc2)CC1. The number of carbonyl (C=O) groups is 1. The Balaban J connectivity index is 1.39. The van der Waals surface area contributed by atoms with Crippen LogP contribution in [0.5, 0.6) is 11.5 Å². The second-order valence-electron chi connectivity index (χ2n) is 6.59. The lowest BCUT2D eigenvalue weighted by Crippen LogP contribution is -2.45. The van der Waals surface area contributed by atoms with Crippen molar-refractivity contribution in [3.63, 3.8) is 0 Å².